The van der Waals surface area contributed by atoms with Crippen LogP contribution in [0.1, 0.15) is 42.6 Å². The smallest absolute Gasteiger partial charge is 0.126 e. The predicted octanol–water partition coefficient (Wildman–Crippen LogP) is 3.04. The van der Waals surface area contributed by atoms with Crippen LogP contribution in [0.3, 0.4) is 0 Å². The second-order valence-corrected chi connectivity index (χ2v) is 8.84. The first-order chi connectivity index (χ1) is 16.0. The summed E-state index contributed by atoms with van der Waals surface area (Å²) in [6.45, 7) is 3.63. The van der Waals surface area contributed by atoms with Crippen LogP contribution in [0.15, 0.2) is 36.4 Å². The molecule has 8 heteroatoms. The Morgan fingerprint density at radius 3 is 2.52 bits per heavy atom. The topological polar surface area (TPSA) is 97.6 Å². The van der Waals surface area contributed by atoms with Crippen LogP contribution in [0, 0.1) is 0 Å². The Hall–Kier alpha value is -1.87. The molecule has 5 atom stereocenters. The molecular weight excluding hydrogens is 448 g/mol. The molecule has 2 heterocycles. The van der Waals surface area contributed by atoms with Crippen LogP contribution < -0.4 is 9.47 Å². The van der Waals surface area contributed by atoms with Crippen molar-refractivity contribution < 1.29 is 34.3 Å². The van der Waals surface area contributed by atoms with Crippen molar-refractivity contribution in [1.29, 1.82) is 0 Å². The van der Waals surface area contributed by atoms with Gasteiger partial charge in [-0.15, -0.1) is 0 Å². The second-order valence-electron chi connectivity index (χ2n) is 8.43. The van der Waals surface area contributed by atoms with Crippen molar-refractivity contribution in [3.63, 3.8) is 0 Å². The van der Waals surface area contributed by atoms with Crippen LogP contribution in [0.2, 0.25) is 5.02 Å². The number of benzene rings is 2. The van der Waals surface area contributed by atoms with Crippen LogP contribution >= 0.6 is 11.6 Å². The molecule has 0 saturated carbocycles. The summed E-state index contributed by atoms with van der Waals surface area (Å²) in [5.41, 5.74) is 2.46. The fourth-order valence-corrected chi connectivity index (χ4v) is 4.45. The molecule has 0 radical (unpaired) electrons. The van der Waals surface area contributed by atoms with Crippen molar-refractivity contribution in [2.24, 2.45) is 0 Å². The highest BCUT2D eigenvalue weighted by Gasteiger charge is 2.45. The maximum atomic E-state index is 10.8. The molecule has 7 nitrogen and oxygen atoms in total. The molecule has 1 saturated heterocycles. The molecule has 2 bridgehead atoms. The molecule has 2 aromatic rings. The zero-order valence-corrected chi connectivity index (χ0v) is 19.4. The predicted molar refractivity (Wildman–Crippen MR) is 123 cm³/mol. The van der Waals surface area contributed by atoms with Gasteiger partial charge < -0.3 is 34.3 Å². The molecule has 180 valence electrons. The first kappa shape index (κ1) is 24.3. The lowest BCUT2D eigenvalue weighted by Crippen LogP contribution is -2.55. The number of fused-ring (bicyclic) bond motifs is 4. The molecule has 0 aliphatic carbocycles. The molecule has 0 spiro atoms. The molecule has 4 rings (SSSR count). The summed E-state index contributed by atoms with van der Waals surface area (Å²) in [5, 5.41) is 32.2. The maximum absolute atomic E-state index is 10.8. The average Bonchev–Trinajstić information content (AvgIpc) is 2.80. The second kappa shape index (κ2) is 11.0. The van der Waals surface area contributed by atoms with E-state index in [1.54, 1.807) is 6.07 Å². The molecule has 33 heavy (non-hydrogen) atoms. The van der Waals surface area contributed by atoms with Gasteiger partial charge in [0, 0.05) is 17.2 Å². The van der Waals surface area contributed by atoms with Gasteiger partial charge in [0.15, 0.2) is 0 Å². The largest absolute Gasteiger partial charge is 0.494 e. The number of halogens is 1. The Morgan fingerprint density at radius 2 is 1.76 bits per heavy atom. The lowest BCUT2D eigenvalue weighted by atomic mass is 9.89. The number of aliphatic hydroxyl groups is 3. The monoisotopic (exact) mass is 478 g/mol. The zero-order valence-electron chi connectivity index (χ0n) is 18.7. The quantitative estimate of drug-likeness (QED) is 0.621. The van der Waals surface area contributed by atoms with Crippen molar-refractivity contribution in [3.8, 4) is 11.5 Å². The van der Waals surface area contributed by atoms with Gasteiger partial charge in [0.1, 0.15) is 42.0 Å². The highest BCUT2D eigenvalue weighted by molar-refractivity contribution is 6.31. The highest BCUT2D eigenvalue weighted by atomic mass is 35.5. The number of hydrogen-bond acceptors (Lipinski definition) is 7. The minimum Gasteiger partial charge on any atom is -0.494 e. The molecule has 1 fully saturated rings. The Kier molecular flexibility index (Phi) is 8.11. The van der Waals surface area contributed by atoms with Gasteiger partial charge >= 0.3 is 0 Å². The van der Waals surface area contributed by atoms with Crippen LogP contribution in [0.25, 0.3) is 0 Å². The van der Waals surface area contributed by atoms with Gasteiger partial charge in [-0.05, 0) is 61.6 Å². The van der Waals surface area contributed by atoms with E-state index in [2.05, 4.69) is 0 Å². The Labute approximate surface area is 198 Å². The van der Waals surface area contributed by atoms with E-state index >= 15 is 0 Å². The van der Waals surface area contributed by atoms with Gasteiger partial charge in [0.05, 0.1) is 19.8 Å². The summed E-state index contributed by atoms with van der Waals surface area (Å²) in [6, 6.07) is 11.4. The van der Waals surface area contributed by atoms with E-state index in [1.165, 1.54) is 0 Å². The SMILES string of the molecule is CCOc1ccc(Cc2cc3c(cc2Cl)OCCCCOC[C@H]2O[C@@H]3[C@H](O)[C@@H](O)[C@@H]2O)cc1. The first-order valence-corrected chi connectivity index (χ1v) is 11.8. The van der Waals surface area contributed by atoms with Crippen LogP contribution in [-0.2, 0) is 15.9 Å². The molecular formula is C25H31ClO7. The van der Waals surface area contributed by atoms with Crippen molar-refractivity contribution in [3.05, 3.63) is 58.1 Å². The van der Waals surface area contributed by atoms with Gasteiger partial charge in [-0.25, -0.2) is 0 Å². The minimum atomic E-state index is -1.38. The van der Waals surface area contributed by atoms with Crippen molar-refractivity contribution >= 4 is 11.6 Å². The van der Waals surface area contributed by atoms with E-state index in [-0.39, 0.29) is 6.61 Å². The van der Waals surface area contributed by atoms with E-state index in [9.17, 15) is 15.3 Å². The Balaban J connectivity index is 1.67. The Bertz CT molecular complexity index is 920. The van der Waals surface area contributed by atoms with E-state index in [4.69, 9.17) is 30.5 Å². The minimum absolute atomic E-state index is 0.129. The Morgan fingerprint density at radius 1 is 1.00 bits per heavy atom. The van der Waals surface area contributed by atoms with Crippen molar-refractivity contribution in [2.45, 2.75) is 56.7 Å². The van der Waals surface area contributed by atoms with E-state index in [0.717, 1.165) is 29.7 Å². The molecule has 2 aliphatic heterocycles. The highest BCUT2D eigenvalue weighted by Crippen LogP contribution is 2.40. The first-order valence-electron chi connectivity index (χ1n) is 11.4. The molecule has 3 N–H and O–H groups in total. The van der Waals surface area contributed by atoms with Crippen LogP contribution in [0.5, 0.6) is 11.5 Å². The number of ether oxygens (including phenoxy) is 4. The third-order valence-corrected chi connectivity index (χ3v) is 6.40. The third-order valence-electron chi connectivity index (χ3n) is 6.05. The number of hydrogen-bond donors (Lipinski definition) is 3. The van der Waals surface area contributed by atoms with E-state index in [1.807, 2.05) is 37.3 Å². The van der Waals surface area contributed by atoms with Crippen molar-refractivity contribution in [2.75, 3.05) is 26.4 Å². The fourth-order valence-electron chi connectivity index (χ4n) is 4.23. The summed E-state index contributed by atoms with van der Waals surface area (Å²) >= 11 is 6.62. The maximum Gasteiger partial charge on any atom is 0.126 e. The summed E-state index contributed by atoms with van der Waals surface area (Å²) in [5.74, 6) is 1.31. The van der Waals surface area contributed by atoms with Gasteiger partial charge in [-0.1, -0.05) is 23.7 Å². The zero-order chi connectivity index (χ0) is 23.4. The lowest BCUT2D eigenvalue weighted by molar-refractivity contribution is -0.235. The normalized spacial score (nSPS) is 28.1. The van der Waals surface area contributed by atoms with Crippen LogP contribution in [-0.4, -0.2) is 66.2 Å². The van der Waals surface area contributed by atoms with Crippen molar-refractivity contribution in [1.82, 2.24) is 0 Å². The van der Waals surface area contributed by atoms with Crippen LogP contribution in [0.4, 0.5) is 0 Å². The summed E-state index contributed by atoms with van der Waals surface area (Å²) in [6.07, 6.45) is -3.50. The van der Waals surface area contributed by atoms with Gasteiger partial charge in [-0.2, -0.15) is 0 Å². The standard InChI is InChI=1S/C25H31ClO7/c1-2-31-17-7-5-15(6-8-17)11-16-12-18-20(13-19(16)26)32-10-4-3-9-30-14-21-22(27)23(28)24(29)25(18)33-21/h5-8,12-13,21-25,27-29H,2-4,9-11,14H2,1H3/t21-,22-,23+,24-,25+/m1/s1. The van der Waals surface area contributed by atoms with Gasteiger partial charge in [-0.3, -0.25) is 0 Å². The lowest BCUT2D eigenvalue weighted by Gasteiger charge is -2.41. The number of aliphatic hydroxyl groups excluding tert-OH is 3. The molecule has 0 aromatic heterocycles. The average molecular weight is 479 g/mol. The summed E-state index contributed by atoms with van der Waals surface area (Å²) in [4.78, 5) is 0. The summed E-state index contributed by atoms with van der Waals surface area (Å²) < 4.78 is 23.2. The van der Waals surface area contributed by atoms with Gasteiger partial charge in [0.25, 0.3) is 0 Å². The van der Waals surface area contributed by atoms with Gasteiger partial charge in [0.2, 0.25) is 0 Å². The fraction of sp³-hybridized carbons (Fsp3) is 0.520. The molecule has 0 amide bonds. The number of rotatable bonds is 4. The van der Waals surface area contributed by atoms with E-state index < -0.39 is 30.5 Å². The molecule has 2 aromatic carbocycles. The summed E-state index contributed by atoms with van der Waals surface area (Å²) in [7, 11) is 0. The van der Waals surface area contributed by atoms with E-state index in [0.29, 0.717) is 42.6 Å². The molecule has 0 unspecified atom stereocenters. The third kappa shape index (κ3) is 5.62. The molecule has 2 aliphatic rings.